The molecule has 0 saturated carbocycles. The molecule has 7 heteroatoms. The Morgan fingerprint density at radius 1 is 1.41 bits per heavy atom. The third-order valence-electron chi connectivity index (χ3n) is 2.08. The Balaban J connectivity index is 3.53. The molecule has 0 unspecified atom stereocenters. The maximum Gasteiger partial charge on any atom is 0.338 e. The summed E-state index contributed by atoms with van der Waals surface area (Å²) in [4.78, 5) is 32.2. The summed E-state index contributed by atoms with van der Waals surface area (Å²) in [6, 6.07) is 2.04. The fourth-order valence-corrected chi connectivity index (χ4v) is 1.29. The smallest absolute Gasteiger partial charge is 0.338 e. The van der Waals surface area contributed by atoms with E-state index in [2.05, 4.69) is 4.74 Å². The number of ether oxygens (including phenoxy) is 2. The van der Waals surface area contributed by atoms with Crippen LogP contribution in [-0.2, 0) is 4.74 Å². The van der Waals surface area contributed by atoms with Gasteiger partial charge in [0.15, 0.2) is 6.29 Å². The quantitative estimate of drug-likeness (QED) is 0.339. The second-order valence-electron chi connectivity index (χ2n) is 2.98. The van der Waals surface area contributed by atoms with Gasteiger partial charge in [0, 0.05) is 6.07 Å². The molecule has 0 aliphatic heterocycles. The number of rotatable bonds is 4. The van der Waals surface area contributed by atoms with Gasteiger partial charge in [0.05, 0.1) is 36.3 Å². The maximum absolute atomic E-state index is 11.4. The van der Waals surface area contributed by atoms with Crippen molar-refractivity contribution >= 4 is 17.9 Å². The van der Waals surface area contributed by atoms with Gasteiger partial charge in [0.25, 0.3) is 5.69 Å². The number of carbonyl (C=O) groups is 2. The predicted molar refractivity (Wildman–Crippen MR) is 56.4 cm³/mol. The third kappa shape index (κ3) is 2.39. The molecule has 0 heterocycles. The zero-order valence-corrected chi connectivity index (χ0v) is 9.13. The van der Waals surface area contributed by atoms with Crippen molar-refractivity contribution in [2.24, 2.45) is 0 Å². The Morgan fingerprint density at radius 3 is 2.47 bits per heavy atom. The Hall–Kier alpha value is -2.44. The normalized spacial score (nSPS) is 9.53. The van der Waals surface area contributed by atoms with Gasteiger partial charge in [-0.2, -0.15) is 0 Å². The number of nitrogens with zero attached hydrogens (tertiary/aromatic N) is 1. The summed E-state index contributed by atoms with van der Waals surface area (Å²) in [7, 11) is 2.36. The van der Waals surface area contributed by atoms with Gasteiger partial charge in [0.1, 0.15) is 5.75 Å². The van der Waals surface area contributed by atoms with E-state index < -0.39 is 10.9 Å². The topological polar surface area (TPSA) is 95.7 Å². The number of nitro benzene ring substituents is 1. The fraction of sp³-hybridized carbons (Fsp3) is 0.200. The first-order valence-corrected chi connectivity index (χ1v) is 4.45. The summed E-state index contributed by atoms with van der Waals surface area (Å²) in [5.41, 5.74) is -0.633. The maximum atomic E-state index is 11.4. The van der Waals surface area contributed by atoms with Crippen molar-refractivity contribution in [1.82, 2.24) is 0 Å². The first-order chi connectivity index (χ1) is 8.04. The van der Waals surface area contributed by atoms with E-state index in [-0.39, 0.29) is 22.6 Å². The summed E-state index contributed by atoms with van der Waals surface area (Å²) in [6.45, 7) is 0. The molecule has 0 fully saturated rings. The molecular weight excluding hydrogens is 230 g/mol. The number of hydrogen-bond donors (Lipinski definition) is 0. The van der Waals surface area contributed by atoms with Crippen LogP contribution < -0.4 is 4.74 Å². The number of non-ortho nitro benzene ring substituents is 1. The van der Waals surface area contributed by atoms with Crippen molar-refractivity contribution in [1.29, 1.82) is 0 Å². The predicted octanol–water partition coefficient (Wildman–Crippen LogP) is 1.20. The summed E-state index contributed by atoms with van der Waals surface area (Å²) in [6.07, 6.45) is 0.384. The molecule has 0 N–H and O–H groups in total. The molecular formula is C10H9NO6. The van der Waals surface area contributed by atoms with E-state index in [4.69, 9.17) is 4.74 Å². The van der Waals surface area contributed by atoms with Gasteiger partial charge >= 0.3 is 5.97 Å². The van der Waals surface area contributed by atoms with Gasteiger partial charge in [-0.05, 0) is 0 Å². The van der Waals surface area contributed by atoms with Crippen LogP contribution in [0.15, 0.2) is 12.1 Å². The number of aldehydes is 1. The van der Waals surface area contributed by atoms with Crippen LogP contribution in [0.1, 0.15) is 20.7 Å². The second-order valence-corrected chi connectivity index (χ2v) is 2.98. The van der Waals surface area contributed by atoms with Crippen LogP contribution in [-0.4, -0.2) is 31.4 Å². The highest BCUT2D eigenvalue weighted by Gasteiger charge is 2.21. The second kappa shape index (κ2) is 5.06. The van der Waals surface area contributed by atoms with Crippen LogP contribution >= 0.6 is 0 Å². The average Bonchev–Trinajstić information content (AvgIpc) is 2.35. The molecule has 0 bridgehead atoms. The highest BCUT2D eigenvalue weighted by Crippen LogP contribution is 2.27. The Kier molecular flexibility index (Phi) is 3.76. The Labute approximate surface area is 96.1 Å². The highest BCUT2D eigenvalue weighted by molar-refractivity contribution is 6.00. The standard InChI is InChI=1S/C10H9NO6/c1-16-9-4-6(11(14)15)3-7(8(9)5-12)10(13)17-2/h3-5H,1-2H3. The summed E-state index contributed by atoms with van der Waals surface area (Å²) >= 11 is 0. The lowest BCUT2D eigenvalue weighted by Crippen LogP contribution is -2.08. The van der Waals surface area contributed by atoms with Crippen LogP contribution in [0.4, 0.5) is 5.69 Å². The number of methoxy groups -OCH3 is 2. The van der Waals surface area contributed by atoms with Crippen LogP contribution in [0.3, 0.4) is 0 Å². The number of hydrogen-bond acceptors (Lipinski definition) is 6. The number of nitro groups is 1. The van der Waals surface area contributed by atoms with Crippen molar-refractivity contribution in [3.63, 3.8) is 0 Å². The third-order valence-corrected chi connectivity index (χ3v) is 2.08. The molecule has 1 aromatic rings. The van der Waals surface area contributed by atoms with Crippen molar-refractivity contribution in [3.8, 4) is 5.75 Å². The Bertz CT molecular complexity index is 482. The molecule has 1 rings (SSSR count). The highest BCUT2D eigenvalue weighted by atomic mass is 16.6. The van der Waals surface area contributed by atoms with Gasteiger partial charge in [0.2, 0.25) is 0 Å². The minimum absolute atomic E-state index is 0.0467. The van der Waals surface area contributed by atoms with E-state index in [1.165, 1.54) is 7.11 Å². The molecule has 0 saturated heterocycles. The van der Waals surface area contributed by atoms with Gasteiger partial charge in [-0.1, -0.05) is 0 Å². The lowest BCUT2D eigenvalue weighted by molar-refractivity contribution is -0.385. The van der Waals surface area contributed by atoms with Gasteiger partial charge in [-0.15, -0.1) is 0 Å². The van der Waals surface area contributed by atoms with E-state index in [1.54, 1.807) is 0 Å². The SMILES string of the molecule is COC(=O)c1cc([N+](=O)[O-])cc(OC)c1C=O. The lowest BCUT2D eigenvalue weighted by atomic mass is 10.1. The van der Waals surface area contributed by atoms with Gasteiger partial charge < -0.3 is 9.47 Å². The summed E-state index contributed by atoms with van der Waals surface area (Å²) in [5.74, 6) is -0.885. The van der Waals surface area contributed by atoms with Gasteiger partial charge in [-0.25, -0.2) is 4.79 Å². The largest absolute Gasteiger partial charge is 0.496 e. The summed E-state index contributed by atoms with van der Waals surface area (Å²) in [5, 5.41) is 10.6. The molecule has 0 amide bonds. The van der Waals surface area contributed by atoms with Crippen molar-refractivity contribution < 1.29 is 24.0 Å². The van der Waals surface area contributed by atoms with Gasteiger partial charge in [-0.3, -0.25) is 14.9 Å². The molecule has 7 nitrogen and oxygen atoms in total. The monoisotopic (exact) mass is 239 g/mol. The van der Waals surface area contributed by atoms with Crippen LogP contribution in [0.5, 0.6) is 5.75 Å². The van der Waals surface area contributed by atoms with E-state index in [9.17, 15) is 19.7 Å². The van der Waals surface area contributed by atoms with E-state index in [0.717, 1.165) is 19.2 Å². The lowest BCUT2D eigenvalue weighted by Gasteiger charge is -2.07. The minimum atomic E-state index is -0.839. The molecule has 90 valence electrons. The minimum Gasteiger partial charge on any atom is -0.496 e. The molecule has 0 aliphatic carbocycles. The molecule has 0 radical (unpaired) electrons. The average molecular weight is 239 g/mol. The van der Waals surface area contributed by atoms with Crippen LogP contribution in [0, 0.1) is 10.1 Å². The molecule has 0 aliphatic rings. The van der Waals surface area contributed by atoms with Crippen molar-refractivity contribution in [2.75, 3.05) is 14.2 Å². The van der Waals surface area contributed by atoms with E-state index in [1.807, 2.05) is 0 Å². The zero-order valence-electron chi connectivity index (χ0n) is 9.13. The molecule has 0 spiro atoms. The molecule has 0 atom stereocenters. The van der Waals surface area contributed by atoms with Crippen LogP contribution in [0.25, 0.3) is 0 Å². The first-order valence-electron chi connectivity index (χ1n) is 4.45. The first kappa shape index (κ1) is 12.6. The Morgan fingerprint density at radius 2 is 2.06 bits per heavy atom. The zero-order chi connectivity index (χ0) is 13.0. The van der Waals surface area contributed by atoms with E-state index in [0.29, 0.717) is 6.29 Å². The fourth-order valence-electron chi connectivity index (χ4n) is 1.29. The molecule has 17 heavy (non-hydrogen) atoms. The number of carbonyl (C=O) groups excluding carboxylic acids is 2. The van der Waals surface area contributed by atoms with Crippen LogP contribution in [0.2, 0.25) is 0 Å². The van der Waals surface area contributed by atoms with E-state index >= 15 is 0 Å². The summed E-state index contributed by atoms with van der Waals surface area (Å²) < 4.78 is 9.26. The molecule has 0 aromatic heterocycles. The van der Waals surface area contributed by atoms with Crippen molar-refractivity contribution in [2.45, 2.75) is 0 Å². The number of benzene rings is 1. The number of esters is 1. The molecule has 1 aromatic carbocycles. The van der Waals surface area contributed by atoms with Crippen molar-refractivity contribution in [3.05, 3.63) is 33.4 Å².